The number of nitrogens with one attached hydrogen (secondary N) is 4. The van der Waals surface area contributed by atoms with E-state index in [-0.39, 0.29) is 35.9 Å². The molecule has 15 heteroatoms. The molecule has 4 atom stereocenters. The molecule has 0 radical (unpaired) electrons. The maximum absolute atomic E-state index is 14.7. The number of fused-ring (bicyclic) bond motifs is 4. The number of hydrogen-bond donors (Lipinski definition) is 4. The monoisotopic (exact) mass is 650 g/mol. The van der Waals surface area contributed by atoms with E-state index in [0.717, 1.165) is 0 Å². The molecule has 0 saturated carbocycles. The van der Waals surface area contributed by atoms with Crippen molar-refractivity contribution in [2.24, 2.45) is 11.8 Å². The van der Waals surface area contributed by atoms with E-state index in [9.17, 15) is 37.1 Å². The average molecular weight is 651 g/mol. The van der Waals surface area contributed by atoms with E-state index in [2.05, 4.69) is 21.3 Å². The van der Waals surface area contributed by atoms with Gasteiger partial charge in [-0.05, 0) is 50.2 Å². The minimum absolute atomic E-state index is 0.0600. The summed E-state index contributed by atoms with van der Waals surface area (Å²) < 4.78 is 54.1. The normalized spacial score (nSPS) is 22.4. The van der Waals surface area contributed by atoms with Crippen LogP contribution in [0.1, 0.15) is 43.7 Å². The maximum atomic E-state index is 14.7. The van der Waals surface area contributed by atoms with Crippen molar-refractivity contribution in [1.82, 2.24) is 16.0 Å². The lowest BCUT2D eigenvalue weighted by molar-refractivity contribution is -0.139. The second-order valence-corrected chi connectivity index (χ2v) is 11.6. The van der Waals surface area contributed by atoms with E-state index in [0.29, 0.717) is 32.1 Å². The van der Waals surface area contributed by atoms with Crippen LogP contribution in [-0.4, -0.2) is 61.3 Å². The Morgan fingerprint density at radius 2 is 1.76 bits per heavy atom. The Bertz CT molecular complexity index is 1520. The lowest BCUT2D eigenvalue weighted by Crippen LogP contribution is -2.55. The molecular formula is C30H30ClF3N4O7. The van der Waals surface area contributed by atoms with Crippen LogP contribution in [-0.2, 0) is 28.7 Å². The Labute approximate surface area is 260 Å². The largest absolute Gasteiger partial charge is 0.482 e. The number of ketones is 1. The van der Waals surface area contributed by atoms with E-state index in [1.54, 1.807) is 12.1 Å². The van der Waals surface area contributed by atoms with Crippen molar-refractivity contribution in [3.05, 3.63) is 58.4 Å². The van der Waals surface area contributed by atoms with Crippen molar-refractivity contribution in [2.75, 3.05) is 25.1 Å². The highest BCUT2D eigenvalue weighted by atomic mass is 35.5. The van der Waals surface area contributed by atoms with Crippen LogP contribution in [0.4, 0.5) is 18.9 Å². The molecule has 0 aliphatic carbocycles. The predicted octanol–water partition coefficient (Wildman–Crippen LogP) is 2.71. The summed E-state index contributed by atoms with van der Waals surface area (Å²) in [6.45, 7) is 0.00771. The van der Waals surface area contributed by atoms with E-state index in [1.165, 1.54) is 12.1 Å². The number of rotatable bonds is 6. The minimum atomic E-state index is -1.54. The topological polar surface area (TPSA) is 152 Å². The Kier molecular flexibility index (Phi) is 9.93. The summed E-state index contributed by atoms with van der Waals surface area (Å²) in [7, 11) is 0. The highest BCUT2D eigenvalue weighted by Crippen LogP contribution is 2.40. The second kappa shape index (κ2) is 13.9. The third-order valence-corrected chi connectivity index (χ3v) is 8.49. The third-order valence-electron chi connectivity index (χ3n) is 8.16. The Hall–Kier alpha value is -4.17. The van der Waals surface area contributed by atoms with Gasteiger partial charge in [-0.25, -0.2) is 8.78 Å². The number of ether oxygens (including phenoxy) is 2. The molecule has 2 fully saturated rings. The number of Topliss-reactive ketones (excluding diaryl/α,β-unsaturated/α-hetero) is 1. The van der Waals surface area contributed by atoms with E-state index in [4.69, 9.17) is 21.1 Å². The standard InChI is InChI=1S/C30H30ClF3N4O7/c31-16-3-1-2-4-19(16)35-29(42)30(43)38-22(9-14-5-7-44-8-6-14)28(41)36-20-10-15-11-21(37-27(15)40)24-17(32)12-18(33)25(34)26(24)45-13-23(20)39/h1-4,12,14-15,20-22H,5-11,13H2,(H,35,42)(H,36,41)(H,37,40)(H,38,43)/t15-,20+,21?,22?/m1/s1. The van der Waals surface area contributed by atoms with Crippen LogP contribution in [0.25, 0.3) is 0 Å². The number of anilines is 1. The van der Waals surface area contributed by atoms with Crippen LogP contribution in [0.2, 0.25) is 5.02 Å². The van der Waals surface area contributed by atoms with Crippen molar-refractivity contribution < 1.29 is 46.6 Å². The molecule has 45 heavy (non-hydrogen) atoms. The van der Waals surface area contributed by atoms with Crippen LogP contribution >= 0.6 is 11.6 Å². The van der Waals surface area contributed by atoms with Gasteiger partial charge in [0.15, 0.2) is 17.3 Å². The van der Waals surface area contributed by atoms with E-state index >= 15 is 0 Å². The molecule has 3 heterocycles. The molecule has 240 valence electrons. The van der Waals surface area contributed by atoms with E-state index in [1.807, 2.05) is 0 Å². The first-order valence-corrected chi connectivity index (χ1v) is 14.8. The zero-order chi connectivity index (χ0) is 32.2. The summed E-state index contributed by atoms with van der Waals surface area (Å²) >= 11 is 6.07. The van der Waals surface area contributed by atoms with Crippen LogP contribution < -0.4 is 26.0 Å². The zero-order valence-corrected chi connectivity index (χ0v) is 24.6. The molecule has 3 aliphatic rings. The van der Waals surface area contributed by atoms with Crippen LogP contribution in [0, 0.1) is 29.3 Å². The molecule has 2 aromatic rings. The summed E-state index contributed by atoms with van der Waals surface area (Å²) in [4.78, 5) is 65.3. The summed E-state index contributed by atoms with van der Waals surface area (Å²) in [5, 5.41) is 10.1. The smallest absolute Gasteiger partial charge is 0.313 e. The van der Waals surface area contributed by atoms with Crippen molar-refractivity contribution in [3.63, 3.8) is 0 Å². The second-order valence-electron chi connectivity index (χ2n) is 11.2. The first kappa shape index (κ1) is 32.2. The fraction of sp³-hybridized carbons (Fsp3) is 0.433. The Morgan fingerprint density at radius 3 is 2.49 bits per heavy atom. The first-order chi connectivity index (χ1) is 21.5. The fourth-order valence-corrected chi connectivity index (χ4v) is 5.95. The van der Waals surface area contributed by atoms with Gasteiger partial charge in [0, 0.05) is 25.2 Å². The van der Waals surface area contributed by atoms with Crippen LogP contribution in [0.3, 0.4) is 0 Å². The third kappa shape index (κ3) is 7.39. The lowest BCUT2D eigenvalue weighted by Gasteiger charge is -2.28. The number of para-hydroxylation sites is 1. The SMILES string of the molecule is O=C(Nc1ccccc1Cl)C(=O)NC(CC1CCOCC1)C(=O)N[C@H]1C[C@@H]2CC(NC2=O)c2c(F)cc(F)c(F)c2OCC1=O. The lowest BCUT2D eigenvalue weighted by atomic mass is 9.90. The first-order valence-electron chi connectivity index (χ1n) is 14.4. The number of benzene rings is 2. The summed E-state index contributed by atoms with van der Waals surface area (Å²) in [5.74, 6) is -10.4. The van der Waals surface area contributed by atoms with Gasteiger partial charge in [0.1, 0.15) is 18.5 Å². The van der Waals surface area contributed by atoms with Gasteiger partial charge < -0.3 is 30.7 Å². The number of carbonyl (C=O) groups is 5. The maximum Gasteiger partial charge on any atom is 0.313 e. The number of carbonyl (C=O) groups excluding carboxylic acids is 5. The molecule has 5 rings (SSSR count). The van der Waals surface area contributed by atoms with Gasteiger partial charge in [0.25, 0.3) is 0 Å². The highest BCUT2D eigenvalue weighted by Gasteiger charge is 2.42. The molecule has 0 spiro atoms. The van der Waals surface area contributed by atoms with Gasteiger partial charge in [-0.1, -0.05) is 23.7 Å². The summed E-state index contributed by atoms with van der Waals surface area (Å²) in [5.41, 5.74) is -0.225. The van der Waals surface area contributed by atoms with Gasteiger partial charge in [-0.15, -0.1) is 0 Å². The average Bonchev–Trinajstić information content (AvgIpc) is 3.36. The zero-order valence-electron chi connectivity index (χ0n) is 23.8. The van der Waals surface area contributed by atoms with Gasteiger partial charge >= 0.3 is 11.8 Å². The van der Waals surface area contributed by atoms with Crippen molar-refractivity contribution in [2.45, 2.75) is 50.2 Å². The van der Waals surface area contributed by atoms with Gasteiger partial charge in [-0.3, -0.25) is 24.0 Å². The molecule has 2 saturated heterocycles. The van der Waals surface area contributed by atoms with Gasteiger partial charge in [-0.2, -0.15) is 4.39 Å². The summed E-state index contributed by atoms with van der Waals surface area (Å²) in [6.07, 6.45) is 0.997. The molecular weight excluding hydrogens is 621 g/mol. The number of halogens is 4. The number of hydrogen-bond acceptors (Lipinski definition) is 7. The van der Waals surface area contributed by atoms with E-state index < -0.39 is 88.8 Å². The Morgan fingerprint density at radius 1 is 1.02 bits per heavy atom. The number of amides is 4. The molecule has 2 aromatic carbocycles. The Balaban J connectivity index is 1.35. The van der Waals surface area contributed by atoms with Crippen LogP contribution in [0.15, 0.2) is 30.3 Å². The van der Waals surface area contributed by atoms with Crippen LogP contribution in [0.5, 0.6) is 5.75 Å². The van der Waals surface area contributed by atoms with Gasteiger partial charge in [0.2, 0.25) is 17.6 Å². The molecule has 2 bridgehead atoms. The molecule has 3 aliphatic heterocycles. The predicted molar refractivity (Wildman–Crippen MR) is 153 cm³/mol. The van der Waals surface area contributed by atoms with Crippen molar-refractivity contribution >= 4 is 46.7 Å². The molecule has 11 nitrogen and oxygen atoms in total. The highest BCUT2D eigenvalue weighted by molar-refractivity contribution is 6.41. The quantitative estimate of drug-likeness (QED) is 0.277. The molecule has 0 aromatic heterocycles. The van der Waals surface area contributed by atoms with Gasteiger partial charge in [0.05, 0.1) is 28.4 Å². The molecule has 4 N–H and O–H groups in total. The van der Waals surface area contributed by atoms with Crippen molar-refractivity contribution in [3.8, 4) is 5.75 Å². The summed E-state index contributed by atoms with van der Waals surface area (Å²) in [6, 6.07) is 2.91. The minimum Gasteiger partial charge on any atom is -0.482 e. The molecule has 4 amide bonds. The van der Waals surface area contributed by atoms with Crippen molar-refractivity contribution in [1.29, 1.82) is 0 Å². The fourth-order valence-electron chi connectivity index (χ4n) is 5.77. The molecule has 2 unspecified atom stereocenters.